The van der Waals surface area contributed by atoms with Gasteiger partial charge in [0, 0.05) is 32.0 Å². The largest absolute Gasteiger partial charge is 0.396 e. The van der Waals surface area contributed by atoms with E-state index in [9.17, 15) is 0 Å². The maximum absolute atomic E-state index is 8.96. The fourth-order valence-electron chi connectivity index (χ4n) is 1.99. The van der Waals surface area contributed by atoms with Crippen molar-refractivity contribution in [2.45, 2.75) is 25.9 Å². The number of hydrogen-bond donors (Lipinski definition) is 1. The Balaban J connectivity index is 2.14. The predicted molar refractivity (Wildman–Crippen MR) is 76.2 cm³/mol. The van der Waals surface area contributed by atoms with E-state index in [1.165, 1.54) is 0 Å². The first kappa shape index (κ1) is 14.6. The van der Waals surface area contributed by atoms with Crippen molar-refractivity contribution in [2.75, 3.05) is 20.7 Å². The summed E-state index contributed by atoms with van der Waals surface area (Å²) in [6, 6.07) is 3.94. The van der Waals surface area contributed by atoms with Gasteiger partial charge in [0.25, 0.3) is 0 Å². The van der Waals surface area contributed by atoms with Crippen LogP contribution in [0.3, 0.4) is 0 Å². The Hall–Kier alpha value is -1.79. The number of aliphatic hydroxyl groups is 1. The van der Waals surface area contributed by atoms with Crippen molar-refractivity contribution in [3.63, 3.8) is 0 Å². The molecule has 0 aliphatic carbocycles. The zero-order valence-electron chi connectivity index (χ0n) is 12.0. The number of aliphatic hydroxyl groups excluding tert-OH is 1. The summed E-state index contributed by atoms with van der Waals surface area (Å²) in [6.45, 7) is 1.60. The molecule has 108 valence electrons. The van der Waals surface area contributed by atoms with Crippen LogP contribution in [0.4, 0.5) is 0 Å². The minimum absolute atomic E-state index is 0.166. The lowest BCUT2D eigenvalue weighted by molar-refractivity contribution is 0.273. The molecule has 0 saturated heterocycles. The van der Waals surface area contributed by atoms with E-state index in [-0.39, 0.29) is 6.61 Å². The third-order valence-electron chi connectivity index (χ3n) is 2.86. The Morgan fingerprint density at radius 3 is 2.85 bits per heavy atom. The van der Waals surface area contributed by atoms with Crippen LogP contribution in [-0.2, 0) is 19.5 Å². The molecule has 6 nitrogen and oxygen atoms in total. The fraction of sp³-hybridized carbons (Fsp3) is 0.500. The molecule has 2 aromatic heterocycles. The van der Waals surface area contributed by atoms with Gasteiger partial charge < -0.3 is 10.0 Å². The van der Waals surface area contributed by atoms with Crippen molar-refractivity contribution >= 4 is 0 Å². The average molecular weight is 275 g/mol. The number of hydrogen-bond acceptors (Lipinski definition) is 5. The molecule has 0 aromatic carbocycles. The normalized spacial score (nSPS) is 11.2. The molecule has 6 heteroatoms. The van der Waals surface area contributed by atoms with E-state index < -0.39 is 0 Å². The van der Waals surface area contributed by atoms with Gasteiger partial charge in [0.05, 0.1) is 6.54 Å². The maximum Gasteiger partial charge on any atom is 0.155 e. The minimum atomic E-state index is 0.166. The summed E-state index contributed by atoms with van der Waals surface area (Å²) in [5.41, 5.74) is 1.10. The summed E-state index contributed by atoms with van der Waals surface area (Å²) in [6.07, 6.45) is 4.96. The van der Waals surface area contributed by atoms with Gasteiger partial charge in [-0.1, -0.05) is 6.07 Å². The second-order valence-corrected chi connectivity index (χ2v) is 5.02. The third-order valence-corrected chi connectivity index (χ3v) is 2.86. The van der Waals surface area contributed by atoms with E-state index >= 15 is 0 Å². The Bertz CT molecular complexity index is 524. The van der Waals surface area contributed by atoms with Crippen LogP contribution >= 0.6 is 0 Å². The van der Waals surface area contributed by atoms with Crippen LogP contribution in [0.2, 0.25) is 0 Å². The predicted octanol–water partition coefficient (Wildman–Crippen LogP) is 0.708. The molecule has 20 heavy (non-hydrogen) atoms. The van der Waals surface area contributed by atoms with E-state index in [1.807, 2.05) is 37.1 Å². The molecule has 1 N–H and O–H groups in total. The quantitative estimate of drug-likeness (QED) is 0.806. The van der Waals surface area contributed by atoms with Crippen LogP contribution < -0.4 is 0 Å². The summed E-state index contributed by atoms with van der Waals surface area (Å²) >= 11 is 0. The van der Waals surface area contributed by atoms with Crippen molar-refractivity contribution in [3.8, 4) is 0 Å². The van der Waals surface area contributed by atoms with Crippen LogP contribution in [0, 0.1) is 0 Å². The highest BCUT2D eigenvalue weighted by atomic mass is 16.3. The van der Waals surface area contributed by atoms with Gasteiger partial charge >= 0.3 is 0 Å². The number of aromatic nitrogens is 4. The Kier molecular flexibility index (Phi) is 5.20. The molecule has 0 aliphatic rings. The van der Waals surface area contributed by atoms with E-state index in [1.54, 1.807) is 6.20 Å². The van der Waals surface area contributed by atoms with E-state index in [0.29, 0.717) is 19.4 Å². The second-order valence-electron chi connectivity index (χ2n) is 5.02. The first-order valence-electron chi connectivity index (χ1n) is 6.76. The lowest BCUT2D eigenvalue weighted by Gasteiger charge is -2.09. The van der Waals surface area contributed by atoms with Gasteiger partial charge in [-0.25, -0.2) is 9.67 Å². The summed E-state index contributed by atoms with van der Waals surface area (Å²) in [5, 5.41) is 13.5. The third kappa shape index (κ3) is 4.11. The fourth-order valence-corrected chi connectivity index (χ4v) is 1.99. The zero-order chi connectivity index (χ0) is 14.4. The topological polar surface area (TPSA) is 67.1 Å². The number of pyridine rings is 1. The highest BCUT2D eigenvalue weighted by molar-refractivity contribution is 5.14. The van der Waals surface area contributed by atoms with Crippen molar-refractivity contribution in [1.29, 1.82) is 0 Å². The Morgan fingerprint density at radius 2 is 2.20 bits per heavy atom. The summed E-state index contributed by atoms with van der Waals surface area (Å²) in [4.78, 5) is 10.8. The van der Waals surface area contributed by atoms with Gasteiger partial charge in [-0.3, -0.25) is 4.98 Å². The standard InChI is InChI=1S/C14H21N5O/c1-18(2)11-14-16-13(17-19(14)7-4-8-20)9-12-5-3-6-15-10-12/h3,5-6,10,20H,4,7-9,11H2,1-2H3. The summed E-state index contributed by atoms with van der Waals surface area (Å²) in [7, 11) is 4.01. The molecule has 0 aliphatic heterocycles. The zero-order valence-corrected chi connectivity index (χ0v) is 12.0. The first-order chi connectivity index (χ1) is 9.69. The van der Waals surface area contributed by atoms with Crippen LogP contribution in [0.25, 0.3) is 0 Å². The molecule has 2 heterocycles. The van der Waals surface area contributed by atoms with Crippen molar-refractivity contribution in [1.82, 2.24) is 24.6 Å². The molecular weight excluding hydrogens is 254 g/mol. The van der Waals surface area contributed by atoms with E-state index in [2.05, 4.69) is 20.0 Å². The first-order valence-corrected chi connectivity index (χ1v) is 6.76. The highest BCUT2D eigenvalue weighted by Gasteiger charge is 2.11. The molecule has 0 saturated carbocycles. The smallest absolute Gasteiger partial charge is 0.155 e. The van der Waals surface area contributed by atoms with E-state index in [4.69, 9.17) is 5.11 Å². The van der Waals surface area contributed by atoms with Crippen LogP contribution in [0.15, 0.2) is 24.5 Å². The maximum atomic E-state index is 8.96. The van der Waals surface area contributed by atoms with Crippen molar-refractivity contribution < 1.29 is 5.11 Å². The minimum Gasteiger partial charge on any atom is -0.396 e. The molecule has 2 aromatic rings. The highest BCUT2D eigenvalue weighted by Crippen LogP contribution is 2.08. The molecule has 0 atom stereocenters. The van der Waals surface area contributed by atoms with Crippen molar-refractivity contribution in [3.05, 3.63) is 41.7 Å². The molecule has 0 bridgehead atoms. The van der Waals surface area contributed by atoms with Crippen molar-refractivity contribution in [2.24, 2.45) is 0 Å². The van der Waals surface area contributed by atoms with Gasteiger partial charge in [0.15, 0.2) is 5.82 Å². The van der Waals surface area contributed by atoms with Gasteiger partial charge in [0.2, 0.25) is 0 Å². The lowest BCUT2D eigenvalue weighted by Crippen LogP contribution is -2.16. The number of nitrogens with zero attached hydrogens (tertiary/aromatic N) is 5. The van der Waals surface area contributed by atoms with Crippen LogP contribution in [0.5, 0.6) is 0 Å². The average Bonchev–Trinajstić information content (AvgIpc) is 2.78. The SMILES string of the molecule is CN(C)Cc1nc(Cc2cccnc2)nn1CCCO. The Labute approximate surface area is 119 Å². The molecule has 0 unspecified atom stereocenters. The van der Waals surface area contributed by atoms with Gasteiger partial charge in [-0.2, -0.15) is 5.10 Å². The number of rotatable bonds is 7. The molecule has 0 spiro atoms. The van der Waals surface area contributed by atoms with Gasteiger partial charge in [-0.05, 0) is 32.1 Å². The molecular formula is C14H21N5O. The summed E-state index contributed by atoms with van der Waals surface area (Å²) in [5.74, 6) is 1.73. The number of aryl methyl sites for hydroxylation is 1. The summed E-state index contributed by atoms with van der Waals surface area (Å²) < 4.78 is 1.89. The molecule has 0 amide bonds. The molecule has 2 rings (SSSR count). The van der Waals surface area contributed by atoms with E-state index in [0.717, 1.165) is 23.8 Å². The Morgan fingerprint density at radius 1 is 1.35 bits per heavy atom. The van der Waals surface area contributed by atoms with Crippen LogP contribution in [-0.4, -0.2) is 50.5 Å². The molecule has 0 radical (unpaired) electrons. The van der Waals surface area contributed by atoms with Gasteiger partial charge in [0.1, 0.15) is 5.82 Å². The monoisotopic (exact) mass is 275 g/mol. The van der Waals surface area contributed by atoms with Gasteiger partial charge in [-0.15, -0.1) is 0 Å². The lowest BCUT2D eigenvalue weighted by atomic mass is 10.2. The molecule has 0 fully saturated rings. The second kappa shape index (κ2) is 7.12. The van der Waals surface area contributed by atoms with Crippen LogP contribution in [0.1, 0.15) is 23.6 Å².